The lowest BCUT2D eigenvalue weighted by Gasteiger charge is -2.27. The zero-order valence-electron chi connectivity index (χ0n) is 25.9. The average Bonchev–Trinajstić information content (AvgIpc) is 3.15. The minimum atomic E-state index is -0.838. The van der Waals surface area contributed by atoms with Crippen molar-refractivity contribution in [3.63, 3.8) is 0 Å². The van der Waals surface area contributed by atoms with Gasteiger partial charge in [-0.3, -0.25) is 4.84 Å². The lowest BCUT2D eigenvalue weighted by molar-refractivity contribution is -0.0874. The van der Waals surface area contributed by atoms with E-state index in [0.717, 1.165) is 45.8 Å². The van der Waals surface area contributed by atoms with E-state index in [2.05, 4.69) is 78.0 Å². The molecule has 6 nitrogen and oxygen atoms in total. The summed E-state index contributed by atoms with van der Waals surface area (Å²) >= 11 is 0. The van der Waals surface area contributed by atoms with Gasteiger partial charge in [0, 0.05) is 11.4 Å². The first-order valence-corrected chi connectivity index (χ1v) is 14.4. The summed E-state index contributed by atoms with van der Waals surface area (Å²) in [5, 5.41) is 19.1. The van der Waals surface area contributed by atoms with E-state index in [1.165, 1.54) is 36.6 Å². The Kier molecular flexibility index (Phi) is 13.8. The van der Waals surface area contributed by atoms with Gasteiger partial charge in [-0.25, -0.2) is 5.90 Å². The van der Waals surface area contributed by atoms with Crippen LogP contribution in [0.3, 0.4) is 0 Å². The number of hydrogen-bond acceptors (Lipinski definition) is 6. The van der Waals surface area contributed by atoms with Crippen LogP contribution in [0, 0.1) is 13.8 Å². The molecule has 1 aliphatic rings. The molecule has 222 valence electrons. The molecule has 4 N–H and O–H groups in total. The van der Waals surface area contributed by atoms with Crippen LogP contribution in [0.2, 0.25) is 0 Å². The smallest absolute Gasteiger partial charge is 0.171 e. The maximum Gasteiger partial charge on any atom is 0.171 e. The fourth-order valence-electron chi connectivity index (χ4n) is 4.60. The number of rotatable bonds is 8. The van der Waals surface area contributed by atoms with Crippen LogP contribution < -0.4 is 15.5 Å². The zero-order chi connectivity index (χ0) is 30.5. The Labute approximate surface area is 246 Å². The molecule has 2 unspecified atom stereocenters. The molecule has 0 aromatic heterocycles. The van der Waals surface area contributed by atoms with Crippen LogP contribution in [-0.4, -0.2) is 23.6 Å². The highest BCUT2D eigenvalue weighted by Crippen LogP contribution is 2.37. The Morgan fingerprint density at radius 3 is 2.17 bits per heavy atom. The van der Waals surface area contributed by atoms with Gasteiger partial charge < -0.3 is 19.8 Å². The molecule has 0 saturated heterocycles. The monoisotopic (exact) mass is 560 g/mol. The van der Waals surface area contributed by atoms with Gasteiger partial charge in [0.2, 0.25) is 0 Å². The quantitative estimate of drug-likeness (QED) is 0.191. The van der Waals surface area contributed by atoms with E-state index < -0.39 is 12.4 Å². The number of anilines is 2. The van der Waals surface area contributed by atoms with E-state index in [9.17, 15) is 5.11 Å². The van der Waals surface area contributed by atoms with Crippen LogP contribution in [-0.2, 0) is 11.3 Å². The maximum absolute atomic E-state index is 11.1. The second-order valence-corrected chi connectivity index (χ2v) is 9.89. The lowest BCUT2D eigenvalue weighted by Crippen LogP contribution is -2.15. The van der Waals surface area contributed by atoms with Crippen molar-refractivity contribution in [3.8, 4) is 5.75 Å². The Morgan fingerprint density at radius 1 is 0.927 bits per heavy atom. The summed E-state index contributed by atoms with van der Waals surface area (Å²) in [4.78, 5) is 6.09. The summed E-state index contributed by atoms with van der Waals surface area (Å²) in [6.45, 7) is 13.9. The molecular formula is C35H48N2O4. The van der Waals surface area contributed by atoms with Gasteiger partial charge in [0.05, 0.1) is 12.8 Å². The molecule has 0 aliphatic carbocycles. The third-order valence-electron chi connectivity index (χ3n) is 6.96. The molecule has 3 aromatic rings. The van der Waals surface area contributed by atoms with Gasteiger partial charge in [-0.2, -0.15) is 0 Å². The molecule has 6 heteroatoms. The standard InChI is InChI=1S/C31H35NO2.C2H7NO2.C2H6/c1-6-7-10-24-12-17-29-26(19-24)11-8-9-22(3)32(29)28-15-13-25(14-16-28)31(33)27-18-21(2)23(4)30(20-27)34-5;1-2(4)5-3;1-2/h8-9,11-20,31,33H,6-7,10H2,1-5H3;2,4H,3H2,1H3;1-2H3. The minimum Gasteiger partial charge on any atom is -0.496 e. The van der Waals surface area contributed by atoms with E-state index in [1.807, 2.05) is 52.0 Å². The molecular weight excluding hydrogens is 512 g/mol. The average molecular weight is 561 g/mol. The second-order valence-electron chi connectivity index (χ2n) is 9.89. The normalized spacial score (nSPS) is 13.4. The van der Waals surface area contributed by atoms with Crippen molar-refractivity contribution in [2.75, 3.05) is 12.0 Å². The number of nitrogens with zero attached hydrogens (tertiary/aromatic N) is 1. The maximum atomic E-state index is 11.1. The van der Waals surface area contributed by atoms with Gasteiger partial charge in [0.1, 0.15) is 11.9 Å². The number of unbranched alkanes of at least 4 members (excludes halogenated alkanes) is 1. The van der Waals surface area contributed by atoms with Crippen molar-refractivity contribution in [1.29, 1.82) is 0 Å². The topological polar surface area (TPSA) is 88.2 Å². The van der Waals surface area contributed by atoms with Gasteiger partial charge in [0.15, 0.2) is 6.29 Å². The van der Waals surface area contributed by atoms with Crippen LogP contribution in [0.25, 0.3) is 6.08 Å². The third-order valence-corrected chi connectivity index (χ3v) is 6.96. The molecule has 1 aliphatic heterocycles. The molecule has 1 heterocycles. The molecule has 3 aromatic carbocycles. The number of allylic oxidation sites excluding steroid dienone is 3. The Bertz CT molecular complexity index is 1300. The zero-order valence-corrected chi connectivity index (χ0v) is 25.9. The first-order valence-electron chi connectivity index (χ1n) is 14.4. The van der Waals surface area contributed by atoms with Crippen molar-refractivity contribution in [3.05, 3.63) is 106 Å². The third kappa shape index (κ3) is 9.03. The number of ether oxygens (including phenoxy) is 1. The predicted octanol–water partition coefficient (Wildman–Crippen LogP) is 8.05. The van der Waals surface area contributed by atoms with Gasteiger partial charge in [-0.05, 0) is 110 Å². The second kappa shape index (κ2) is 16.7. The highest BCUT2D eigenvalue weighted by molar-refractivity contribution is 5.79. The number of benzene rings is 3. The molecule has 4 rings (SSSR count). The van der Waals surface area contributed by atoms with E-state index in [4.69, 9.17) is 9.84 Å². The van der Waals surface area contributed by atoms with Crippen molar-refractivity contribution in [2.24, 2.45) is 5.90 Å². The molecule has 0 spiro atoms. The summed E-state index contributed by atoms with van der Waals surface area (Å²) in [6, 6.07) is 19.0. The van der Waals surface area contributed by atoms with Crippen LogP contribution in [0.15, 0.2) is 72.4 Å². The number of hydrogen-bond donors (Lipinski definition) is 3. The number of aliphatic hydroxyl groups excluding tert-OH is 2. The number of fused-ring (bicyclic) bond motifs is 1. The first-order chi connectivity index (χ1) is 19.7. The van der Waals surface area contributed by atoms with Crippen molar-refractivity contribution < 1.29 is 19.8 Å². The summed E-state index contributed by atoms with van der Waals surface area (Å²) in [6.07, 6.45) is 8.44. The Hall–Kier alpha value is -3.42. The number of aliphatic hydroxyl groups is 2. The van der Waals surface area contributed by atoms with Gasteiger partial charge in [0.25, 0.3) is 0 Å². The SMILES string of the molecule is CC.CC(O)ON.CCCCc1ccc2c(c1)C=CC=C(C)N2c1ccc(C(O)c2cc(C)c(C)c(OC)c2)cc1. The molecule has 0 bridgehead atoms. The fourth-order valence-corrected chi connectivity index (χ4v) is 4.60. The summed E-state index contributed by atoms with van der Waals surface area (Å²) in [5.74, 6) is 5.23. The van der Waals surface area contributed by atoms with Crippen LogP contribution in [0.1, 0.15) is 86.9 Å². The fraction of sp³-hybridized carbons (Fsp3) is 0.371. The molecule has 0 fully saturated rings. The van der Waals surface area contributed by atoms with E-state index in [1.54, 1.807) is 7.11 Å². The molecule has 0 amide bonds. The van der Waals surface area contributed by atoms with Crippen molar-refractivity contribution in [1.82, 2.24) is 0 Å². The summed E-state index contributed by atoms with van der Waals surface area (Å²) in [5.41, 5.74) is 9.93. The van der Waals surface area contributed by atoms with Crippen molar-refractivity contribution >= 4 is 17.5 Å². The molecule has 0 radical (unpaired) electrons. The summed E-state index contributed by atoms with van der Waals surface area (Å²) < 4.78 is 5.51. The highest BCUT2D eigenvalue weighted by atomic mass is 16.7. The van der Waals surface area contributed by atoms with E-state index in [-0.39, 0.29) is 0 Å². The molecule has 41 heavy (non-hydrogen) atoms. The molecule has 2 atom stereocenters. The van der Waals surface area contributed by atoms with Gasteiger partial charge in [-0.1, -0.05) is 63.6 Å². The summed E-state index contributed by atoms with van der Waals surface area (Å²) in [7, 11) is 1.67. The number of methoxy groups -OCH3 is 1. The van der Waals surface area contributed by atoms with Crippen LogP contribution >= 0.6 is 0 Å². The van der Waals surface area contributed by atoms with Crippen LogP contribution in [0.4, 0.5) is 11.4 Å². The lowest BCUT2D eigenvalue weighted by atomic mass is 9.96. The number of nitrogens with two attached hydrogens (primary N) is 1. The Morgan fingerprint density at radius 2 is 1.59 bits per heavy atom. The largest absolute Gasteiger partial charge is 0.496 e. The highest BCUT2D eigenvalue weighted by Gasteiger charge is 2.19. The van der Waals surface area contributed by atoms with E-state index >= 15 is 0 Å². The van der Waals surface area contributed by atoms with Gasteiger partial charge >= 0.3 is 0 Å². The Balaban J connectivity index is 0.000000759. The first kappa shape index (κ1) is 33.8. The van der Waals surface area contributed by atoms with Gasteiger partial charge in [-0.15, -0.1) is 0 Å². The van der Waals surface area contributed by atoms with Crippen LogP contribution in [0.5, 0.6) is 5.75 Å². The minimum absolute atomic E-state index is 0.710. The van der Waals surface area contributed by atoms with Crippen molar-refractivity contribution in [2.45, 2.75) is 80.1 Å². The van der Waals surface area contributed by atoms with E-state index in [0.29, 0.717) is 0 Å². The molecule has 0 saturated carbocycles. The predicted molar refractivity (Wildman–Crippen MR) is 171 cm³/mol. The number of aryl methyl sites for hydroxylation is 2.